The SMILES string of the molecule is C.CCOC(=O)C(C)Sc1ccc2nnc(-c3ccc(OCC)cc3)n2n1. The van der Waals surface area contributed by atoms with Gasteiger partial charge in [0.2, 0.25) is 0 Å². The van der Waals surface area contributed by atoms with Gasteiger partial charge in [0, 0.05) is 5.56 Å². The Morgan fingerprint density at radius 1 is 1.11 bits per heavy atom. The number of carbonyl (C=O) groups is 1. The first-order valence-corrected chi connectivity index (χ1v) is 9.29. The van der Waals surface area contributed by atoms with E-state index in [4.69, 9.17) is 9.47 Å². The Bertz CT molecular complexity index is 896. The van der Waals surface area contributed by atoms with E-state index in [1.165, 1.54) is 11.8 Å². The minimum Gasteiger partial charge on any atom is -0.494 e. The lowest BCUT2D eigenvalue weighted by Crippen LogP contribution is -2.17. The number of aromatic nitrogens is 4. The lowest BCUT2D eigenvalue weighted by molar-refractivity contribution is -0.142. The van der Waals surface area contributed by atoms with Gasteiger partial charge in [-0.15, -0.1) is 10.2 Å². The van der Waals surface area contributed by atoms with E-state index in [1.807, 2.05) is 43.3 Å². The predicted molar refractivity (Wildman–Crippen MR) is 106 cm³/mol. The zero-order valence-electron chi connectivity index (χ0n) is 14.9. The number of benzene rings is 1. The van der Waals surface area contributed by atoms with Crippen LogP contribution in [0.3, 0.4) is 0 Å². The normalized spacial score (nSPS) is 11.7. The van der Waals surface area contributed by atoms with Gasteiger partial charge in [-0.25, -0.2) is 0 Å². The van der Waals surface area contributed by atoms with Crippen molar-refractivity contribution in [3.05, 3.63) is 36.4 Å². The Morgan fingerprint density at radius 2 is 1.85 bits per heavy atom. The van der Waals surface area contributed by atoms with Crippen molar-refractivity contribution in [1.82, 2.24) is 19.8 Å². The van der Waals surface area contributed by atoms with Crippen molar-refractivity contribution in [2.75, 3.05) is 13.2 Å². The van der Waals surface area contributed by atoms with E-state index in [2.05, 4.69) is 15.3 Å². The summed E-state index contributed by atoms with van der Waals surface area (Å²) in [7, 11) is 0. The van der Waals surface area contributed by atoms with E-state index in [0.717, 1.165) is 11.3 Å². The molecule has 3 rings (SSSR count). The van der Waals surface area contributed by atoms with Crippen molar-refractivity contribution in [2.24, 2.45) is 0 Å². The molecule has 0 aliphatic rings. The van der Waals surface area contributed by atoms with E-state index in [9.17, 15) is 4.79 Å². The topological polar surface area (TPSA) is 78.6 Å². The van der Waals surface area contributed by atoms with Crippen molar-refractivity contribution < 1.29 is 14.3 Å². The molecule has 0 N–H and O–H groups in total. The number of hydrogen-bond acceptors (Lipinski definition) is 7. The molecule has 8 heteroatoms. The van der Waals surface area contributed by atoms with Crippen LogP contribution in [0.1, 0.15) is 28.2 Å². The number of fused-ring (bicyclic) bond motifs is 1. The van der Waals surface area contributed by atoms with Crippen LogP contribution in [-0.4, -0.2) is 44.2 Å². The van der Waals surface area contributed by atoms with Crippen molar-refractivity contribution in [2.45, 2.75) is 38.5 Å². The number of carbonyl (C=O) groups excluding carboxylic acids is 1. The van der Waals surface area contributed by atoms with Gasteiger partial charge in [-0.2, -0.15) is 9.61 Å². The second-order valence-corrected chi connectivity index (χ2v) is 6.80. The van der Waals surface area contributed by atoms with E-state index >= 15 is 0 Å². The number of ether oxygens (including phenoxy) is 2. The molecule has 0 aliphatic carbocycles. The van der Waals surface area contributed by atoms with Crippen LogP contribution < -0.4 is 4.74 Å². The van der Waals surface area contributed by atoms with Gasteiger partial charge in [0.15, 0.2) is 11.5 Å². The van der Waals surface area contributed by atoms with Crippen LogP contribution in [0.25, 0.3) is 17.0 Å². The molecule has 3 aromatic rings. The number of rotatable bonds is 7. The number of hydrogen-bond donors (Lipinski definition) is 0. The van der Waals surface area contributed by atoms with Crippen LogP contribution in [0.5, 0.6) is 5.75 Å². The highest BCUT2D eigenvalue weighted by Crippen LogP contribution is 2.25. The first-order valence-electron chi connectivity index (χ1n) is 8.41. The fourth-order valence-electron chi connectivity index (χ4n) is 2.37. The highest BCUT2D eigenvalue weighted by atomic mass is 32.2. The molecule has 0 saturated heterocycles. The van der Waals surface area contributed by atoms with Crippen LogP contribution in [0.4, 0.5) is 0 Å². The van der Waals surface area contributed by atoms with Gasteiger partial charge in [0.25, 0.3) is 0 Å². The molecule has 7 nitrogen and oxygen atoms in total. The number of esters is 1. The number of thioether (sulfide) groups is 1. The van der Waals surface area contributed by atoms with Crippen LogP contribution in [0.2, 0.25) is 0 Å². The first kappa shape index (κ1) is 20.7. The summed E-state index contributed by atoms with van der Waals surface area (Å²) >= 11 is 1.34. The molecular formula is C19H24N4O3S. The summed E-state index contributed by atoms with van der Waals surface area (Å²) in [6.45, 7) is 6.52. The zero-order chi connectivity index (χ0) is 18.5. The summed E-state index contributed by atoms with van der Waals surface area (Å²) in [6, 6.07) is 11.3. The second kappa shape index (κ2) is 9.36. The Morgan fingerprint density at radius 3 is 2.52 bits per heavy atom. The molecule has 0 saturated carbocycles. The van der Waals surface area contributed by atoms with Gasteiger partial charge in [-0.3, -0.25) is 4.79 Å². The standard InChI is InChI=1S/C18H20N4O3S.CH4/c1-4-24-14-8-6-13(7-9-14)17-20-19-15-10-11-16(21-22(15)17)26-12(3)18(23)25-5-2;/h6-12H,4-5H2,1-3H3;1H4. The summed E-state index contributed by atoms with van der Waals surface area (Å²) in [5.41, 5.74) is 1.52. The Labute approximate surface area is 163 Å². The summed E-state index contributed by atoms with van der Waals surface area (Å²) in [4.78, 5) is 11.8. The minimum atomic E-state index is -0.342. The molecule has 2 aromatic heterocycles. The average Bonchev–Trinajstić information content (AvgIpc) is 3.06. The Kier molecular flexibility index (Phi) is 7.18. The monoisotopic (exact) mass is 388 g/mol. The molecule has 0 radical (unpaired) electrons. The summed E-state index contributed by atoms with van der Waals surface area (Å²) in [5.74, 6) is 1.18. The molecule has 0 amide bonds. The largest absolute Gasteiger partial charge is 0.494 e. The molecule has 144 valence electrons. The fraction of sp³-hybridized carbons (Fsp3) is 0.368. The maximum Gasteiger partial charge on any atom is 0.319 e. The van der Waals surface area contributed by atoms with Crippen molar-refractivity contribution in [1.29, 1.82) is 0 Å². The molecule has 2 heterocycles. The third-order valence-electron chi connectivity index (χ3n) is 3.58. The summed E-state index contributed by atoms with van der Waals surface area (Å²) in [6.07, 6.45) is 0. The molecule has 0 fully saturated rings. The average molecular weight is 388 g/mol. The van der Waals surface area contributed by atoms with E-state index < -0.39 is 0 Å². The molecular weight excluding hydrogens is 364 g/mol. The van der Waals surface area contributed by atoms with Gasteiger partial charge in [-0.05, 0) is 57.2 Å². The zero-order valence-corrected chi connectivity index (χ0v) is 15.7. The number of nitrogens with zero attached hydrogens (tertiary/aromatic N) is 4. The van der Waals surface area contributed by atoms with Gasteiger partial charge in [-0.1, -0.05) is 19.2 Å². The van der Waals surface area contributed by atoms with E-state index in [-0.39, 0.29) is 18.6 Å². The molecule has 27 heavy (non-hydrogen) atoms. The van der Waals surface area contributed by atoms with Crippen LogP contribution in [-0.2, 0) is 9.53 Å². The quantitative estimate of drug-likeness (QED) is 0.449. The fourth-order valence-corrected chi connectivity index (χ4v) is 3.17. The maximum atomic E-state index is 11.8. The maximum absolute atomic E-state index is 11.8. The first-order chi connectivity index (χ1) is 12.6. The summed E-state index contributed by atoms with van der Waals surface area (Å²) < 4.78 is 12.2. The third-order valence-corrected chi connectivity index (χ3v) is 4.58. The van der Waals surface area contributed by atoms with Gasteiger partial charge < -0.3 is 9.47 Å². The molecule has 1 aromatic carbocycles. The predicted octanol–water partition coefficient (Wildman–Crippen LogP) is 3.87. The Hall–Kier alpha value is -2.61. The molecule has 0 spiro atoms. The minimum absolute atomic E-state index is 0. The highest BCUT2D eigenvalue weighted by Gasteiger charge is 2.17. The lowest BCUT2D eigenvalue weighted by Gasteiger charge is -2.09. The van der Waals surface area contributed by atoms with Gasteiger partial charge in [0.1, 0.15) is 16.0 Å². The van der Waals surface area contributed by atoms with Crippen LogP contribution in [0, 0.1) is 0 Å². The van der Waals surface area contributed by atoms with Crippen molar-refractivity contribution in [3.63, 3.8) is 0 Å². The van der Waals surface area contributed by atoms with Crippen LogP contribution >= 0.6 is 11.8 Å². The van der Waals surface area contributed by atoms with E-state index in [1.54, 1.807) is 18.4 Å². The highest BCUT2D eigenvalue weighted by molar-refractivity contribution is 8.00. The second-order valence-electron chi connectivity index (χ2n) is 5.43. The van der Waals surface area contributed by atoms with Crippen molar-refractivity contribution >= 4 is 23.4 Å². The molecule has 1 atom stereocenters. The molecule has 0 bridgehead atoms. The van der Waals surface area contributed by atoms with Crippen LogP contribution in [0.15, 0.2) is 41.4 Å². The van der Waals surface area contributed by atoms with Crippen molar-refractivity contribution in [3.8, 4) is 17.1 Å². The third kappa shape index (κ3) is 4.77. The molecule has 0 aliphatic heterocycles. The van der Waals surface area contributed by atoms with Gasteiger partial charge >= 0.3 is 5.97 Å². The lowest BCUT2D eigenvalue weighted by atomic mass is 10.2. The smallest absolute Gasteiger partial charge is 0.319 e. The Balaban J connectivity index is 0.00000261. The summed E-state index contributed by atoms with van der Waals surface area (Å²) in [5, 5.41) is 13.3. The van der Waals surface area contributed by atoms with E-state index in [0.29, 0.717) is 29.7 Å². The van der Waals surface area contributed by atoms with Gasteiger partial charge in [0.05, 0.1) is 13.2 Å². The molecule has 1 unspecified atom stereocenters.